The number of aliphatic hydroxyl groups is 1. The van der Waals surface area contributed by atoms with Crippen molar-refractivity contribution >= 4 is 6.03 Å². The van der Waals surface area contributed by atoms with Crippen molar-refractivity contribution in [2.75, 3.05) is 19.6 Å². The van der Waals surface area contributed by atoms with Crippen LogP contribution in [0.2, 0.25) is 0 Å². The summed E-state index contributed by atoms with van der Waals surface area (Å²) in [5, 5.41) is 10.4. The second-order valence-corrected chi connectivity index (χ2v) is 5.61. The first-order valence-corrected chi connectivity index (χ1v) is 7.95. The third-order valence-corrected chi connectivity index (χ3v) is 4.34. The van der Waals surface area contributed by atoms with Crippen LogP contribution in [0.3, 0.4) is 0 Å². The summed E-state index contributed by atoms with van der Waals surface area (Å²) >= 11 is 0. The summed E-state index contributed by atoms with van der Waals surface area (Å²) in [6.07, 6.45) is 2.13. The molecule has 0 radical (unpaired) electrons. The van der Waals surface area contributed by atoms with Crippen molar-refractivity contribution in [3.63, 3.8) is 0 Å². The molecule has 0 bridgehead atoms. The normalized spacial score (nSPS) is 19.6. The molecule has 1 aliphatic heterocycles. The van der Waals surface area contributed by atoms with Crippen LogP contribution in [-0.2, 0) is 0 Å². The van der Waals surface area contributed by atoms with Gasteiger partial charge in [0.05, 0.1) is 6.10 Å². The highest BCUT2D eigenvalue weighted by atomic mass is 16.3. The third-order valence-electron chi connectivity index (χ3n) is 4.34. The zero-order valence-corrected chi connectivity index (χ0v) is 13.0. The Balaban J connectivity index is 2.00. The Morgan fingerprint density at radius 3 is 2.62 bits per heavy atom. The quantitative estimate of drug-likeness (QED) is 0.906. The number of hydrogen-bond acceptors (Lipinski definition) is 2. The lowest BCUT2D eigenvalue weighted by Gasteiger charge is -2.31. The molecule has 4 heteroatoms. The van der Waals surface area contributed by atoms with Crippen LogP contribution in [-0.4, -0.2) is 46.6 Å². The zero-order chi connectivity index (χ0) is 15.2. The van der Waals surface area contributed by atoms with E-state index in [1.807, 2.05) is 54.0 Å². The molecule has 2 unspecified atom stereocenters. The SMILES string of the molecule is CCN(CC)C(=O)N1CCCC1CC(O)c1ccccc1. The maximum atomic E-state index is 12.5. The second-order valence-electron chi connectivity index (χ2n) is 5.61. The average Bonchev–Trinajstić information content (AvgIpc) is 2.97. The van der Waals surface area contributed by atoms with Gasteiger partial charge in [-0.1, -0.05) is 30.3 Å². The molecule has 1 aromatic carbocycles. The van der Waals surface area contributed by atoms with E-state index in [9.17, 15) is 9.90 Å². The van der Waals surface area contributed by atoms with Crippen LogP contribution >= 0.6 is 0 Å². The standard InChI is InChI=1S/C17H26N2O2/c1-3-18(4-2)17(21)19-12-8-11-15(19)13-16(20)14-9-6-5-7-10-14/h5-7,9-10,15-16,20H,3-4,8,11-13H2,1-2H3. The molecule has 2 amide bonds. The minimum atomic E-state index is -0.499. The topological polar surface area (TPSA) is 43.8 Å². The van der Waals surface area contributed by atoms with Crippen LogP contribution in [0.15, 0.2) is 30.3 Å². The van der Waals surface area contributed by atoms with Crippen LogP contribution in [0.4, 0.5) is 4.79 Å². The van der Waals surface area contributed by atoms with E-state index in [4.69, 9.17) is 0 Å². The van der Waals surface area contributed by atoms with Crippen molar-refractivity contribution in [2.45, 2.75) is 45.3 Å². The van der Waals surface area contributed by atoms with Crippen LogP contribution in [0, 0.1) is 0 Å². The molecule has 0 aromatic heterocycles. The average molecular weight is 290 g/mol. The lowest BCUT2D eigenvalue weighted by atomic mass is 10.0. The van der Waals surface area contributed by atoms with Crippen LogP contribution in [0.1, 0.15) is 44.8 Å². The summed E-state index contributed by atoms with van der Waals surface area (Å²) in [4.78, 5) is 16.3. The summed E-state index contributed by atoms with van der Waals surface area (Å²) < 4.78 is 0. The lowest BCUT2D eigenvalue weighted by molar-refractivity contribution is 0.113. The van der Waals surface area contributed by atoms with E-state index in [0.717, 1.165) is 38.0 Å². The fourth-order valence-electron chi connectivity index (χ4n) is 3.08. The van der Waals surface area contributed by atoms with Crippen molar-refractivity contribution in [1.82, 2.24) is 9.80 Å². The molecule has 2 rings (SSSR count). The molecule has 116 valence electrons. The van der Waals surface area contributed by atoms with Gasteiger partial charge in [-0.25, -0.2) is 4.79 Å². The zero-order valence-electron chi connectivity index (χ0n) is 13.0. The molecule has 0 spiro atoms. The summed E-state index contributed by atoms with van der Waals surface area (Å²) in [6.45, 7) is 6.29. The van der Waals surface area contributed by atoms with E-state index < -0.39 is 6.10 Å². The number of nitrogens with zero attached hydrogens (tertiary/aromatic N) is 2. The van der Waals surface area contributed by atoms with Gasteiger partial charge in [-0.3, -0.25) is 0 Å². The van der Waals surface area contributed by atoms with Gasteiger partial charge < -0.3 is 14.9 Å². The van der Waals surface area contributed by atoms with Crippen LogP contribution in [0.5, 0.6) is 0 Å². The number of benzene rings is 1. The van der Waals surface area contributed by atoms with Crippen molar-refractivity contribution in [3.05, 3.63) is 35.9 Å². The minimum absolute atomic E-state index is 0.114. The highest BCUT2D eigenvalue weighted by Gasteiger charge is 2.32. The Hall–Kier alpha value is -1.55. The first-order valence-electron chi connectivity index (χ1n) is 7.95. The van der Waals surface area contributed by atoms with E-state index in [1.165, 1.54) is 0 Å². The van der Waals surface area contributed by atoms with Gasteiger partial charge >= 0.3 is 6.03 Å². The fraction of sp³-hybridized carbons (Fsp3) is 0.588. The molecule has 4 nitrogen and oxygen atoms in total. The van der Waals surface area contributed by atoms with Gasteiger partial charge in [0.25, 0.3) is 0 Å². The molecule has 1 aromatic rings. The molecule has 1 N–H and O–H groups in total. The molecular weight excluding hydrogens is 264 g/mol. The molecule has 0 aliphatic carbocycles. The molecule has 0 saturated carbocycles. The fourth-order valence-corrected chi connectivity index (χ4v) is 3.08. The summed E-state index contributed by atoms with van der Waals surface area (Å²) in [5.41, 5.74) is 0.930. The number of carbonyl (C=O) groups excluding carboxylic acids is 1. The molecule has 21 heavy (non-hydrogen) atoms. The Morgan fingerprint density at radius 2 is 2.00 bits per heavy atom. The summed E-state index contributed by atoms with van der Waals surface area (Å²) in [6, 6.07) is 9.96. The number of rotatable bonds is 5. The molecule has 1 aliphatic rings. The summed E-state index contributed by atoms with van der Waals surface area (Å²) in [7, 11) is 0. The minimum Gasteiger partial charge on any atom is -0.388 e. The molecule has 1 saturated heterocycles. The lowest BCUT2D eigenvalue weighted by Crippen LogP contribution is -2.45. The Kier molecular flexibility index (Phi) is 5.62. The van der Waals surface area contributed by atoms with E-state index in [1.54, 1.807) is 0 Å². The largest absolute Gasteiger partial charge is 0.388 e. The number of amides is 2. The number of urea groups is 1. The van der Waals surface area contributed by atoms with E-state index in [0.29, 0.717) is 6.42 Å². The van der Waals surface area contributed by atoms with Gasteiger partial charge in [0, 0.05) is 25.7 Å². The Bertz CT molecular complexity index is 445. The Labute approximate surface area is 127 Å². The molecule has 1 fully saturated rings. The van der Waals surface area contributed by atoms with Crippen molar-refractivity contribution in [3.8, 4) is 0 Å². The number of carbonyl (C=O) groups is 1. The predicted molar refractivity (Wildman–Crippen MR) is 84.1 cm³/mol. The second kappa shape index (κ2) is 7.46. The summed E-state index contributed by atoms with van der Waals surface area (Å²) in [5.74, 6) is 0. The molecule has 1 heterocycles. The number of likely N-dealkylation sites (tertiary alicyclic amines) is 1. The van der Waals surface area contributed by atoms with Crippen LogP contribution in [0.25, 0.3) is 0 Å². The number of aliphatic hydroxyl groups excluding tert-OH is 1. The smallest absolute Gasteiger partial charge is 0.320 e. The van der Waals surface area contributed by atoms with Crippen molar-refractivity contribution < 1.29 is 9.90 Å². The Morgan fingerprint density at radius 1 is 1.33 bits per heavy atom. The van der Waals surface area contributed by atoms with Gasteiger partial charge in [0.1, 0.15) is 0 Å². The monoisotopic (exact) mass is 290 g/mol. The van der Waals surface area contributed by atoms with E-state index in [-0.39, 0.29) is 12.1 Å². The van der Waals surface area contributed by atoms with E-state index in [2.05, 4.69) is 0 Å². The number of hydrogen-bond donors (Lipinski definition) is 1. The first-order chi connectivity index (χ1) is 10.2. The predicted octanol–water partition coefficient (Wildman–Crippen LogP) is 3.04. The van der Waals surface area contributed by atoms with Crippen LogP contribution < -0.4 is 0 Å². The molecular formula is C17H26N2O2. The van der Waals surface area contributed by atoms with Gasteiger partial charge in [0.15, 0.2) is 0 Å². The van der Waals surface area contributed by atoms with Gasteiger partial charge in [-0.2, -0.15) is 0 Å². The molecule has 2 atom stereocenters. The highest BCUT2D eigenvalue weighted by molar-refractivity contribution is 5.75. The van der Waals surface area contributed by atoms with Gasteiger partial charge in [-0.05, 0) is 38.7 Å². The van der Waals surface area contributed by atoms with E-state index >= 15 is 0 Å². The first kappa shape index (κ1) is 15.8. The van der Waals surface area contributed by atoms with Gasteiger partial charge in [-0.15, -0.1) is 0 Å². The maximum absolute atomic E-state index is 12.5. The maximum Gasteiger partial charge on any atom is 0.320 e. The third kappa shape index (κ3) is 3.76. The van der Waals surface area contributed by atoms with Gasteiger partial charge in [0.2, 0.25) is 0 Å². The van der Waals surface area contributed by atoms with Crippen molar-refractivity contribution in [1.29, 1.82) is 0 Å². The highest BCUT2D eigenvalue weighted by Crippen LogP contribution is 2.28. The van der Waals surface area contributed by atoms with Crippen molar-refractivity contribution in [2.24, 2.45) is 0 Å².